The number of aryl methyl sites for hydroxylation is 1. The van der Waals surface area contributed by atoms with Crippen molar-refractivity contribution in [2.24, 2.45) is 0 Å². The second-order valence-electron chi connectivity index (χ2n) is 4.82. The Balaban J connectivity index is 2.08. The molecule has 0 heterocycles. The Morgan fingerprint density at radius 3 is 2.00 bits per heavy atom. The normalized spacial score (nSPS) is 9.87. The number of nitrogens with one attached hydrogen (secondary N) is 2. The van der Waals surface area contributed by atoms with E-state index in [0.29, 0.717) is 22.6 Å². The first-order chi connectivity index (χ1) is 11.0. The second-order valence-corrected chi connectivity index (χ2v) is 4.82. The fraction of sp³-hybridized carbons (Fsp3) is 0.176. The number of rotatable bonds is 4. The first-order valence-corrected chi connectivity index (χ1v) is 6.94. The molecule has 0 aliphatic carbocycles. The van der Waals surface area contributed by atoms with Crippen LogP contribution < -0.4 is 20.3 Å². The summed E-state index contributed by atoms with van der Waals surface area (Å²) in [5, 5.41) is 0. The number of hydrazine groups is 1. The Kier molecular flexibility index (Phi) is 5.19. The Hall–Kier alpha value is -3.02. The lowest BCUT2D eigenvalue weighted by Crippen LogP contribution is -2.41. The zero-order valence-electron chi connectivity index (χ0n) is 13.2. The number of hydrogen-bond acceptors (Lipinski definition) is 4. The van der Waals surface area contributed by atoms with E-state index in [4.69, 9.17) is 9.47 Å². The lowest BCUT2D eigenvalue weighted by Gasteiger charge is -2.11. The zero-order chi connectivity index (χ0) is 16.8. The average Bonchev–Trinajstić information content (AvgIpc) is 2.59. The van der Waals surface area contributed by atoms with Gasteiger partial charge in [0.2, 0.25) is 0 Å². The van der Waals surface area contributed by atoms with Gasteiger partial charge in [-0.05, 0) is 30.7 Å². The number of carbonyl (C=O) groups excluding carboxylic acids is 2. The van der Waals surface area contributed by atoms with Gasteiger partial charge in [0.25, 0.3) is 11.8 Å². The summed E-state index contributed by atoms with van der Waals surface area (Å²) in [4.78, 5) is 24.2. The van der Waals surface area contributed by atoms with Gasteiger partial charge in [0.1, 0.15) is 11.5 Å². The molecule has 0 fully saturated rings. The molecule has 0 spiro atoms. The smallest absolute Gasteiger partial charge is 0.269 e. The van der Waals surface area contributed by atoms with Crippen molar-refractivity contribution in [3.63, 3.8) is 0 Å². The summed E-state index contributed by atoms with van der Waals surface area (Å²) in [6.07, 6.45) is 0. The lowest BCUT2D eigenvalue weighted by molar-refractivity contribution is 0.0846. The SMILES string of the molecule is COc1cc(OC)cc(C(=O)NNC(=O)c2ccccc2C)c1. The predicted octanol–water partition coefficient (Wildman–Crippen LogP) is 2.09. The van der Waals surface area contributed by atoms with Crippen LogP contribution in [0.25, 0.3) is 0 Å². The average molecular weight is 314 g/mol. The maximum absolute atomic E-state index is 12.2. The molecule has 0 saturated carbocycles. The Labute approximate surface area is 134 Å². The van der Waals surface area contributed by atoms with Gasteiger partial charge in [-0.3, -0.25) is 20.4 Å². The summed E-state index contributed by atoms with van der Waals surface area (Å²) in [5.74, 6) is 0.120. The minimum absolute atomic E-state index is 0.311. The fourth-order valence-corrected chi connectivity index (χ4v) is 2.02. The van der Waals surface area contributed by atoms with Crippen LogP contribution in [-0.4, -0.2) is 26.0 Å². The standard InChI is InChI=1S/C17H18N2O4/c1-11-6-4-5-7-15(11)17(21)19-18-16(20)12-8-13(22-2)10-14(9-12)23-3/h4-10H,1-3H3,(H,18,20)(H,19,21). The molecule has 0 radical (unpaired) electrons. The van der Waals surface area contributed by atoms with Crippen LogP contribution in [0.5, 0.6) is 11.5 Å². The lowest BCUT2D eigenvalue weighted by atomic mass is 10.1. The van der Waals surface area contributed by atoms with Gasteiger partial charge < -0.3 is 9.47 Å². The third kappa shape index (κ3) is 4.00. The van der Waals surface area contributed by atoms with Gasteiger partial charge in [0, 0.05) is 17.2 Å². The van der Waals surface area contributed by atoms with Gasteiger partial charge >= 0.3 is 0 Å². The number of carbonyl (C=O) groups is 2. The van der Waals surface area contributed by atoms with Gasteiger partial charge in [-0.15, -0.1) is 0 Å². The van der Waals surface area contributed by atoms with E-state index in [2.05, 4.69) is 10.9 Å². The van der Waals surface area contributed by atoms with Crippen LogP contribution in [0.3, 0.4) is 0 Å². The summed E-state index contributed by atoms with van der Waals surface area (Å²) >= 11 is 0. The molecule has 2 aromatic carbocycles. The quantitative estimate of drug-likeness (QED) is 0.847. The molecular weight excluding hydrogens is 296 g/mol. The van der Waals surface area contributed by atoms with Crippen LogP contribution in [0.15, 0.2) is 42.5 Å². The Morgan fingerprint density at radius 2 is 1.43 bits per heavy atom. The van der Waals surface area contributed by atoms with E-state index in [1.165, 1.54) is 14.2 Å². The Morgan fingerprint density at radius 1 is 0.870 bits per heavy atom. The fourth-order valence-electron chi connectivity index (χ4n) is 2.02. The molecule has 0 unspecified atom stereocenters. The number of ether oxygens (including phenoxy) is 2. The maximum atomic E-state index is 12.2. The molecule has 120 valence electrons. The van der Waals surface area contributed by atoms with E-state index in [1.807, 2.05) is 19.1 Å². The number of methoxy groups -OCH3 is 2. The van der Waals surface area contributed by atoms with Crippen molar-refractivity contribution in [1.29, 1.82) is 0 Å². The maximum Gasteiger partial charge on any atom is 0.269 e. The summed E-state index contributed by atoms with van der Waals surface area (Å²) in [7, 11) is 2.99. The van der Waals surface area contributed by atoms with Crippen LogP contribution in [-0.2, 0) is 0 Å². The number of amides is 2. The van der Waals surface area contributed by atoms with Crippen molar-refractivity contribution < 1.29 is 19.1 Å². The van der Waals surface area contributed by atoms with Crippen molar-refractivity contribution >= 4 is 11.8 Å². The van der Waals surface area contributed by atoms with Gasteiger partial charge in [-0.25, -0.2) is 0 Å². The Bertz CT molecular complexity index is 706. The molecule has 2 aromatic rings. The van der Waals surface area contributed by atoms with Gasteiger partial charge in [0.05, 0.1) is 14.2 Å². The molecule has 6 heteroatoms. The van der Waals surface area contributed by atoms with Crippen LogP contribution in [0, 0.1) is 6.92 Å². The zero-order valence-corrected chi connectivity index (χ0v) is 13.2. The van der Waals surface area contributed by atoms with E-state index in [1.54, 1.807) is 30.3 Å². The molecule has 0 aromatic heterocycles. The van der Waals surface area contributed by atoms with E-state index in [9.17, 15) is 9.59 Å². The van der Waals surface area contributed by atoms with Crippen molar-refractivity contribution in [2.75, 3.05) is 14.2 Å². The third-order valence-electron chi connectivity index (χ3n) is 3.29. The molecule has 6 nitrogen and oxygen atoms in total. The highest BCUT2D eigenvalue weighted by atomic mass is 16.5. The largest absolute Gasteiger partial charge is 0.497 e. The molecule has 23 heavy (non-hydrogen) atoms. The second kappa shape index (κ2) is 7.31. The molecule has 0 atom stereocenters. The van der Waals surface area contributed by atoms with Gasteiger partial charge in [-0.2, -0.15) is 0 Å². The molecule has 2 amide bonds. The van der Waals surface area contributed by atoms with Crippen molar-refractivity contribution in [2.45, 2.75) is 6.92 Å². The summed E-state index contributed by atoms with van der Waals surface area (Å²) in [6, 6.07) is 11.9. The minimum Gasteiger partial charge on any atom is -0.497 e. The number of benzene rings is 2. The van der Waals surface area contributed by atoms with Crippen LogP contribution in [0.2, 0.25) is 0 Å². The summed E-state index contributed by atoms with van der Waals surface area (Å²) in [5.41, 5.74) is 6.40. The van der Waals surface area contributed by atoms with Gasteiger partial charge in [-0.1, -0.05) is 18.2 Å². The molecule has 0 saturated heterocycles. The van der Waals surface area contributed by atoms with E-state index >= 15 is 0 Å². The summed E-state index contributed by atoms with van der Waals surface area (Å²) < 4.78 is 10.2. The summed E-state index contributed by atoms with van der Waals surface area (Å²) in [6.45, 7) is 1.82. The highest BCUT2D eigenvalue weighted by molar-refractivity contribution is 6.00. The van der Waals surface area contributed by atoms with Gasteiger partial charge in [0.15, 0.2) is 0 Å². The van der Waals surface area contributed by atoms with Crippen molar-refractivity contribution in [1.82, 2.24) is 10.9 Å². The molecule has 0 bridgehead atoms. The van der Waals surface area contributed by atoms with Crippen molar-refractivity contribution in [3.8, 4) is 11.5 Å². The van der Waals surface area contributed by atoms with Crippen LogP contribution in [0.4, 0.5) is 0 Å². The van der Waals surface area contributed by atoms with Crippen molar-refractivity contribution in [3.05, 3.63) is 59.2 Å². The third-order valence-corrected chi connectivity index (χ3v) is 3.29. The molecule has 0 aliphatic rings. The predicted molar refractivity (Wildman–Crippen MR) is 85.7 cm³/mol. The molecule has 0 aliphatic heterocycles. The van der Waals surface area contributed by atoms with E-state index in [-0.39, 0.29) is 5.91 Å². The molecule has 2 rings (SSSR count). The van der Waals surface area contributed by atoms with Crippen LogP contribution >= 0.6 is 0 Å². The van der Waals surface area contributed by atoms with E-state index in [0.717, 1.165) is 5.56 Å². The highest BCUT2D eigenvalue weighted by Crippen LogP contribution is 2.22. The topological polar surface area (TPSA) is 76.7 Å². The number of hydrogen-bond donors (Lipinski definition) is 2. The highest BCUT2D eigenvalue weighted by Gasteiger charge is 2.12. The monoisotopic (exact) mass is 314 g/mol. The first kappa shape index (κ1) is 16.4. The molecular formula is C17H18N2O4. The van der Waals surface area contributed by atoms with E-state index < -0.39 is 5.91 Å². The van der Waals surface area contributed by atoms with Crippen LogP contribution in [0.1, 0.15) is 26.3 Å². The molecule has 2 N–H and O–H groups in total. The minimum atomic E-state index is -0.468. The first-order valence-electron chi connectivity index (χ1n) is 6.94.